The van der Waals surface area contributed by atoms with E-state index in [2.05, 4.69) is 67.6 Å². The molecule has 1 nitrogen and oxygen atoms in total. The second kappa shape index (κ2) is 6.99. The van der Waals surface area contributed by atoms with Gasteiger partial charge in [0, 0.05) is 27.4 Å². The minimum Gasteiger partial charge on any atom is -0.299 e. The Morgan fingerprint density at radius 2 is 1.68 bits per heavy atom. The van der Waals surface area contributed by atoms with Crippen LogP contribution in [0.2, 0.25) is 0 Å². The minimum absolute atomic E-state index is 0.186. The molecule has 0 amide bonds. The zero-order valence-electron chi connectivity index (χ0n) is 14.9. The number of rotatable bonds is 4. The number of hydrogen-bond acceptors (Lipinski definition) is 2. The first kappa shape index (κ1) is 16.9. The largest absolute Gasteiger partial charge is 0.299 e. The van der Waals surface area contributed by atoms with E-state index in [1.165, 1.54) is 36.1 Å². The molecule has 0 bridgehead atoms. The molecule has 130 valence electrons. The molecule has 2 aromatic carbocycles. The lowest BCUT2D eigenvalue weighted by atomic mass is 9.46. The van der Waals surface area contributed by atoms with Gasteiger partial charge in [0.05, 0.1) is 0 Å². The van der Waals surface area contributed by atoms with Crippen molar-refractivity contribution in [2.75, 3.05) is 0 Å². The summed E-state index contributed by atoms with van der Waals surface area (Å²) >= 11 is 2.02. The van der Waals surface area contributed by atoms with Crippen LogP contribution in [0.4, 0.5) is 0 Å². The summed E-state index contributed by atoms with van der Waals surface area (Å²) in [5, 5.41) is 0.560. The van der Waals surface area contributed by atoms with Crippen molar-refractivity contribution in [3.8, 4) is 0 Å². The summed E-state index contributed by atoms with van der Waals surface area (Å²) in [5.74, 6) is 0.901. The molecule has 0 aromatic heterocycles. The molecule has 4 rings (SSSR count). The molecule has 2 aliphatic rings. The minimum atomic E-state index is 0.186. The lowest BCUT2D eigenvalue weighted by molar-refractivity contribution is -0.158. The van der Waals surface area contributed by atoms with Crippen LogP contribution in [0, 0.1) is 17.3 Å². The fourth-order valence-corrected chi connectivity index (χ4v) is 6.73. The van der Waals surface area contributed by atoms with Gasteiger partial charge in [-0.2, -0.15) is 0 Å². The van der Waals surface area contributed by atoms with E-state index in [1.54, 1.807) is 0 Å². The third kappa shape index (κ3) is 2.95. The standard InChI is InChI=1S/C23H26OS/c1-17-22(24)20(16-18-10-4-2-5-11-18)23(17)15-9-8-14-21(23)25-19-12-6-3-7-13-19/h2-7,10-13,17,20-21H,8-9,14-16H2,1H3. The molecule has 2 aromatic rings. The van der Waals surface area contributed by atoms with E-state index in [9.17, 15) is 4.79 Å². The van der Waals surface area contributed by atoms with Crippen LogP contribution in [0.3, 0.4) is 0 Å². The van der Waals surface area contributed by atoms with E-state index in [0.29, 0.717) is 11.0 Å². The van der Waals surface area contributed by atoms with Crippen LogP contribution in [0.1, 0.15) is 38.2 Å². The van der Waals surface area contributed by atoms with Crippen LogP contribution < -0.4 is 0 Å². The summed E-state index contributed by atoms with van der Waals surface area (Å²) < 4.78 is 0. The van der Waals surface area contributed by atoms with Crippen LogP contribution in [0.5, 0.6) is 0 Å². The third-order valence-corrected chi connectivity index (χ3v) is 7.96. The Balaban J connectivity index is 1.61. The number of thioether (sulfide) groups is 1. The molecule has 25 heavy (non-hydrogen) atoms. The van der Waals surface area contributed by atoms with Crippen molar-refractivity contribution in [2.45, 2.75) is 49.2 Å². The number of Topliss-reactive ketones (excluding diaryl/α,β-unsaturated/α-hetero) is 1. The lowest BCUT2D eigenvalue weighted by Crippen LogP contribution is -2.63. The molecule has 4 unspecified atom stereocenters. The summed E-state index contributed by atoms with van der Waals surface area (Å²) in [6.45, 7) is 2.19. The first-order chi connectivity index (χ1) is 12.2. The molecule has 2 aliphatic carbocycles. The molecule has 0 aliphatic heterocycles. The van der Waals surface area contributed by atoms with Crippen molar-refractivity contribution in [1.82, 2.24) is 0 Å². The maximum atomic E-state index is 12.8. The number of ketones is 1. The quantitative estimate of drug-likeness (QED) is 0.694. The average molecular weight is 351 g/mol. The van der Waals surface area contributed by atoms with Gasteiger partial charge in [-0.1, -0.05) is 68.3 Å². The molecule has 4 atom stereocenters. The van der Waals surface area contributed by atoms with E-state index in [0.717, 1.165) is 6.42 Å². The molecular formula is C23H26OS. The number of hydrogen-bond donors (Lipinski definition) is 0. The summed E-state index contributed by atoms with van der Waals surface area (Å²) in [7, 11) is 0. The number of carbonyl (C=O) groups is 1. The molecule has 0 saturated heterocycles. The second-order valence-corrected chi connectivity index (χ2v) is 8.92. The maximum absolute atomic E-state index is 12.8. The topological polar surface area (TPSA) is 17.1 Å². The summed E-state index contributed by atoms with van der Waals surface area (Å²) in [4.78, 5) is 14.2. The predicted octanol–water partition coefficient (Wildman–Crippen LogP) is 5.79. The first-order valence-electron chi connectivity index (χ1n) is 9.51. The molecule has 0 N–H and O–H groups in total. The first-order valence-corrected chi connectivity index (χ1v) is 10.4. The van der Waals surface area contributed by atoms with Gasteiger partial charge in [0.15, 0.2) is 0 Å². The van der Waals surface area contributed by atoms with E-state index in [-0.39, 0.29) is 17.3 Å². The Kier molecular flexibility index (Phi) is 4.73. The monoisotopic (exact) mass is 350 g/mol. The molecular weight excluding hydrogens is 324 g/mol. The Morgan fingerprint density at radius 3 is 2.40 bits per heavy atom. The van der Waals surface area contributed by atoms with Crippen LogP contribution in [-0.4, -0.2) is 11.0 Å². The van der Waals surface area contributed by atoms with Gasteiger partial charge < -0.3 is 0 Å². The van der Waals surface area contributed by atoms with Crippen molar-refractivity contribution >= 4 is 17.5 Å². The molecule has 1 spiro atoms. The second-order valence-electron chi connectivity index (χ2n) is 7.64. The van der Waals surface area contributed by atoms with Gasteiger partial charge in [-0.05, 0) is 37.0 Å². The van der Waals surface area contributed by atoms with Crippen LogP contribution in [-0.2, 0) is 11.2 Å². The van der Waals surface area contributed by atoms with Crippen molar-refractivity contribution in [1.29, 1.82) is 0 Å². The lowest BCUT2D eigenvalue weighted by Gasteiger charge is -2.59. The zero-order valence-corrected chi connectivity index (χ0v) is 15.7. The highest BCUT2D eigenvalue weighted by Gasteiger charge is 2.62. The highest BCUT2D eigenvalue weighted by Crippen LogP contribution is 2.62. The fourth-order valence-electron chi connectivity index (χ4n) is 5.09. The molecule has 2 fully saturated rings. The predicted molar refractivity (Wildman–Crippen MR) is 105 cm³/mol. The van der Waals surface area contributed by atoms with Crippen LogP contribution in [0.15, 0.2) is 65.6 Å². The number of carbonyl (C=O) groups excluding carboxylic acids is 1. The Labute approximate surface area is 155 Å². The fraction of sp³-hybridized carbons (Fsp3) is 0.435. The molecule has 2 heteroatoms. The van der Waals surface area contributed by atoms with E-state index >= 15 is 0 Å². The van der Waals surface area contributed by atoms with Crippen molar-refractivity contribution in [2.24, 2.45) is 17.3 Å². The van der Waals surface area contributed by atoms with Gasteiger partial charge in [0.1, 0.15) is 5.78 Å². The third-order valence-electron chi connectivity index (χ3n) is 6.45. The SMILES string of the molecule is CC1C(=O)C(Cc2ccccc2)C12CCCCC2Sc1ccccc1. The molecule has 0 radical (unpaired) electrons. The summed E-state index contributed by atoms with van der Waals surface area (Å²) in [6.07, 6.45) is 5.93. The Bertz CT molecular complexity index is 726. The smallest absolute Gasteiger partial charge is 0.140 e. The number of benzene rings is 2. The maximum Gasteiger partial charge on any atom is 0.140 e. The molecule has 0 heterocycles. The average Bonchev–Trinajstić information content (AvgIpc) is 2.68. The van der Waals surface area contributed by atoms with Gasteiger partial charge in [0.2, 0.25) is 0 Å². The van der Waals surface area contributed by atoms with Crippen LogP contribution in [0.25, 0.3) is 0 Å². The van der Waals surface area contributed by atoms with E-state index in [4.69, 9.17) is 0 Å². The zero-order chi connectivity index (χ0) is 17.3. The highest BCUT2D eigenvalue weighted by molar-refractivity contribution is 8.00. The Morgan fingerprint density at radius 1 is 1.00 bits per heavy atom. The van der Waals surface area contributed by atoms with Gasteiger partial charge >= 0.3 is 0 Å². The van der Waals surface area contributed by atoms with Gasteiger partial charge in [0.25, 0.3) is 0 Å². The van der Waals surface area contributed by atoms with Gasteiger partial charge in [-0.25, -0.2) is 0 Å². The summed E-state index contributed by atoms with van der Waals surface area (Å²) in [5.41, 5.74) is 1.49. The van der Waals surface area contributed by atoms with Gasteiger partial charge in [-0.15, -0.1) is 11.8 Å². The van der Waals surface area contributed by atoms with E-state index < -0.39 is 0 Å². The Hall–Kier alpha value is -1.54. The van der Waals surface area contributed by atoms with Crippen molar-refractivity contribution in [3.63, 3.8) is 0 Å². The molecule has 2 saturated carbocycles. The van der Waals surface area contributed by atoms with Crippen molar-refractivity contribution in [3.05, 3.63) is 66.2 Å². The van der Waals surface area contributed by atoms with Gasteiger partial charge in [-0.3, -0.25) is 4.79 Å². The van der Waals surface area contributed by atoms with E-state index in [1.807, 2.05) is 11.8 Å². The summed E-state index contributed by atoms with van der Waals surface area (Å²) in [6, 6.07) is 21.3. The van der Waals surface area contributed by atoms with Crippen molar-refractivity contribution < 1.29 is 4.79 Å². The normalized spacial score (nSPS) is 31.7. The van der Waals surface area contributed by atoms with Crippen LogP contribution >= 0.6 is 11.8 Å². The highest BCUT2D eigenvalue weighted by atomic mass is 32.2.